The van der Waals surface area contributed by atoms with Crippen molar-refractivity contribution in [3.05, 3.63) is 111 Å². The van der Waals surface area contributed by atoms with Crippen LogP contribution < -0.4 is 11.0 Å². The number of methoxy groups -OCH3 is 1. The molecule has 1 unspecified atom stereocenters. The molecule has 0 aliphatic rings. The van der Waals surface area contributed by atoms with Crippen LogP contribution in [0.1, 0.15) is 23.5 Å². The molecule has 0 saturated heterocycles. The third-order valence-electron chi connectivity index (χ3n) is 7.25. The van der Waals surface area contributed by atoms with E-state index in [1.807, 2.05) is 36.4 Å². The Balaban J connectivity index is 1.69. The lowest BCUT2D eigenvalue weighted by molar-refractivity contribution is -0.140. The van der Waals surface area contributed by atoms with E-state index in [2.05, 4.69) is 4.98 Å². The number of aromatic hydroxyl groups is 3. The molecule has 0 saturated carbocycles. The first-order chi connectivity index (χ1) is 19.8. The lowest BCUT2D eigenvalue weighted by Crippen LogP contribution is -2.21. The summed E-state index contributed by atoms with van der Waals surface area (Å²) in [7, 11) is 1.18. The standard InChI is InChI=1S/C32H23NO8/c1-40-25(35)14-20(21-12-19-11-17-9-5-6-10-18(17)13-22(19)33-32(21)39)26-28(36)30(38)29(37)27-23(34)15-24(41-31(26)27)16-7-3-2-4-8-16/h2-13,15,20,36-38H,14H2,1H3,(H,33,39). The Morgan fingerprint density at radius 2 is 1.54 bits per heavy atom. The van der Waals surface area contributed by atoms with Crippen LogP contribution in [0.2, 0.25) is 0 Å². The Labute approximate surface area is 231 Å². The average molecular weight is 550 g/mol. The summed E-state index contributed by atoms with van der Waals surface area (Å²) in [5.41, 5.74) is -0.637. The fourth-order valence-corrected chi connectivity index (χ4v) is 5.23. The van der Waals surface area contributed by atoms with Crippen molar-refractivity contribution in [3.63, 3.8) is 0 Å². The van der Waals surface area contributed by atoms with Crippen molar-refractivity contribution in [3.8, 4) is 28.6 Å². The summed E-state index contributed by atoms with van der Waals surface area (Å²) in [6.45, 7) is 0. The van der Waals surface area contributed by atoms with Crippen LogP contribution in [0.4, 0.5) is 0 Å². The summed E-state index contributed by atoms with van der Waals surface area (Å²) in [6, 6.07) is 22.7. The van der Waals surface area contributed by atoms with Crippen LogP contribution in [-0.2, 0) is 9.53 Å². The van der Waals surface area contributed by atoms with E-state index in [9.17, 15) is 29.7 Å². The third-order valence-corrected chi connectivity index (χ3v) is 7.25. The van der Waals surface area contributed by atoms with Crippen molar-refractivity contribution >= 4 is 38.6 Å². The number of fused-ring (bicyclic) bond motifs is 3. The molecule has 9 nitrogen and oxygen atoms in total. The molecule has 4 N–H and O–H groups in total. The summed E-state index contributed by atoms with van der Waals surface area (Å²) in [6.07, 6.45) is -0.454. The van der Waals surface area contributed by atoms with E-state index in [-0.39, 0.29) is 22.5 Å². The fraction of sp³-hybridized carbons (Fsp3) is 0.0938. The molecule has 1 atom stereocenters. The van der Waals surface area contributed by atoms with Gasteiger partial charge in [-0.2, -0.15) is 0 Å². The summed E-state index contributed by atoms with van der Waals surface area (Å²) in [5, 5.41) is 34.5. The maximum Gasteiger partial charge on any atom is 0.306 e. The molecule has 2 heterocycles. The molecule has 0 aliphatic heterocycles. The summed E-state index contributed by atoms with van der Waals surface area (Å²) in [5.74, 6) is -4.56. The second-order valence-electron chi connectivity index (χ2n) is 9.68. The number of ether oxygens (including phenoxy) is 1. The quantitative estimate of drug-likeness (QED) is 0.129. The molecular weight excluding hydrogens is 526 g/mol. The van der Waals surface area contributed by atoms with Crippen molar-refractivity contribution in [2.24, 2.45) is 0 Å². The molecule has 0 bridgehead atoms. The predicted octanol–water partition coefficient (Wildman–Crippen LogP) is 5.27. The number of aromatic nitrogens is 1. The number of phenolic OH excluding ortho intramolecular Hbond substituents is 3. The van der Waals surface area contributed by atoms with Gasteiger partial charge in [-0.1, -0.05) is 54.6 Å². The number of hydrogen-bond donors (Lipinski definition) is 4. The van der Waals surface area contributed by atoms with Crippen molar-refractivity contribution in [2.45, 2.75) is 12.3 Å². The van der Waals surface area contributed by atoms with E-state index in [0.717, 1.165) is 16.8 Å². The zero-order valence-corrected chi connectivity index (χ0v) is 21.7. The number of hydrogen-bond acceptors (Lipinski definition) is 8. The van der Waals surface area contributed by atoms with E-state index < -0.39 is 51.9 Å². The zero-order chi connectivity index (χ0) is 28.8. The number of carbonyl (C=O) groups is 1. The topological polar surface area (TPSA) is 150 Å². The van der Waals surface area contributed by atoms with Crippen molar-refractivity contribution in [1.29, 1.82) is 0 Å². The maximum atomic E-state index is 13.5. The van der Waals surface area contributed by atoms with Crippen molar-refractivity contribution < 1.29 is 29.3 Å². The smallest absolute Gasteiger partial charge is 0.306 e. The maximum absolute atomic E-state index is 13.5. The van der Waals surface area contributed by atoms with Gasteiger partial charge in [-0.25, -0.2) is 0 Å². The van der Waals surface area contributed by atoms with Gasteiger partial charge in [-0.3, -0.25) is 14.4 Å². The van der Waals surface area contributed by atoms with Gasteiger partial charge in [-0.05, 0) is 34.4 Å². The number of esters is 1. The average Bonchev–Trinajstić information content (AvgIpc) is 2.98. The van der Waals surface area contributed by atoms with Gasteiger partial charge in [0.15, 0.2) is 16.9 Å². The van der Waals surface area contributed by atoms with Gasteiger partial charge >= 0.3 is 5.97 Å². The normalized spacial score (nSPS) is 12.1. The lowest BCUT2D eigenvalue weighted by Gasteiger charge is -2.21. The molecule has 2 aromatic heterocycles. The van der Waals surface area contributed by atoms with Gasteiger partial charge in [0.25, 0.3) is 5.56 Å². The highest BCUT2D eigenvalue weighted by molar-refractivity contribution is 5.97. The molecule has 0 fully saturated rings. The molecule has 0 radical (unpaired) electrons. The predicted molar refractivity (Wildman–Crippen MR) is 153 cm³/mol. The molecular formula is C32H23NO8. The lowest BCUT2D eigenvalue weighted by atomic mass is 9.86. The monoisotopic (exact) mass is 549 g/mol. The molecule has 6 rings (SSSR count). The van der Waals surface area contributed by atoms with Gasteiger partial charge in [0, 0.05) is 34.2 Å². The number of nitrogens with one attached hydrogen (secondary N) is 1. The molecule has 0 spiro atoms. The van der Waals surface area contributed by atoms with E-state index >= 15 is 0 Å². The van der Waals surface area contributed by atoms with Gasteiger partial charge in [0.2, 0.25) is 5.75 Å². The second-order valence-corrected chi connectivity index (χ2v) is 9.68. The highest BCUT2D eigenvalue weighted by Gasteiger charge is 2.32. The molecule has 0 aliphatic carbocycles. The third kappa shape index (κ3) is 4.33. The number of aromatic amines is 1. The molecule has 9 heteroatoms. The number of rotatable bonds is 5. The van der Waals surface area contributed by atoms with Crippen LogP contribution in [-0.4, -0.2) is 33.4 Å². The van der Waals surface area contributed by atoms with Crippen LogP contribution in [0.25, 0.3) is 44.0 Å². The molecule has 4 aromatic carbocycles. The van der Waals surface area contributed by atoms with Crippen LogP contribution in [0.3, 0.4) is 0 Å². The first kappa shape index (κ1) is 25.7. The second kappa shape index (κ2) is 9.87. The van der Waals surface area contributed by atoms with Crippen molar-refractivity contribution in [1.82, 2.24) is 4.98 Å². The van der Waals surface area contributed by atoms with Crippen molar-refractivity contribution in [2.75, 3.05) is 7.11 Å². The van der Waals surface area contributed by atoms with Gasteiger partial charge in [0.05, 0.1) is 13.5 Å². The van der Waals surface area contributed by atoms with Gasteiger partial charge in [0.1, 0.15) is 16.7 Å². The SMILES string of the molecule is COC(=O)CC(c1cc2cc3ccccc3cc2[nH]c1=O)c1c(O)c(O)c(O)c2c(=O)cc(-c3ccccc3)oc12. The Bertz CT molecular complexity index is 2110. The Kier molecular flexibility index (Phi) is 6.19. The highest BCUT2D eigenvalue weighted by Crippen LogP contribution is 2.49. The van der Waals surface area contributed by atoms with Crippen LogP contribution in [0.5, 0.6) is 17.2 Å². The minimum atomic E-state index is -1.25. The minimum Gasteiger partial charge on any atom is -0.504 e. The zero-order valence-electron chi connectivity index (χ0n) is 21.7. The van der Waals surface area contributed by atoms with E-state index in [4.69, 9.17) is 9.15 Å². The Hall–Kier alpha value is -5.57. The number of phenols is 3. The van der Waals surface area contributed by atoms with Crippen LogP contribution in [0, 0.1) is 0 Å². The number of pyridine rings is 1. The highest BCUT2D eigenvalue weighted by atomic mass is 16.5. The number of benzene rings is 4. The summed E-state index contributed by atoms with van der Waals surface area (Å²) in [4.78, 5) is 42.2. The first-order valence-electron chi connectivity index (χ1n) is 12.7. The molecule has 41 heavy (non-hydrogen) atoms. The van der Waals surface area contributed by atoms with E-state index in [1.165, 1.54) is 7.11 Å². The van der Waals surface area contributed by atoms with Crippen LogP contribution in [0.15, 0.2) is 92.9 Å². The fourth-order valence-electron chi connectivity index (χ4n) is 5.23. The molecule has 0 amide bonds. The van der Waals surface area contributed by atoms with Gasteiger partial charge in [-0.15, -0.1) is 0 Å². The summed E-state index contributed by atoms with van der Waals surface area (Å²) >= 11 is 0. The first-order valence-corrected chi connectivity index (χ1v) is 12.7. The Morgan fingerprint density at radius 1 is 0.854 bits per heavy atom. The largest absolute Gasteiger partial charge is 0.504 e. The summed E-state index contributed by atoms with van der Waals surface area (Å²) < 4.78 is 11.0. The van der Waals surface area contributed by atoms with E-state index in [1.54, 1.807) is 36.4 Å². The van der Waals surface area contributed by atoms with Crippen LogP contribution >= 0.6 is 0 Å². The van der Waals surface area contributed by atoms with E-state index in [0.29, 0.717) is 16.5 Å². The molecule has 6 aromatic rings. The van der Waals surface area contributed by atoms with Gasteiger partial charge < -0.3 is 29.5 Å². The minimum absolute atomic E-state index is 0.0487. The number of H-pyrrole nitrogens is 1. The number of carbonyl (C=O) groups excluding carboxylic acids is 1. The Morgan fingerprint density at radius 3 is 2.24 bits per heavy atom. The molecule has 204 valence electrons.